The minimum absolute atomic E-state index is 0.371. The van der Waals surface area contributed by atoms with Gasteiger partial charge in [0, 0.05) is 0 Å². The Kier molecular flexibility index (Phi) is 4.36. The highest BCUT2D eigenvalue weighted by Crippen LogP contribution is 1.89. The van der Waals surface area contributed by atoms with Crippen LogP contribution in [0.1, 0.15) is 13.8 Å². The van der Waals surface area contributed by atoms with E-state index in [-0.39, 0.29) is 6.10 Å². The predicted octanol–water partition coefficient (Wildman–Crippen LogP) is 0.960. The maximum atomic E-state index is 8.71. The third-order valence-corrected chi connectivity index (χ3v) is 0.708. The van der Waals surface area contributed by atoms with Gasteiger partial charge >= 0.3 is 0 Å². The van der Waals surface area contributed by atoms with Crippen LogP contribution in [0, 0.1) is 0 Å². The molecule has 0 saturated heterocycles. The zero-order valence-electron chi connectivity index (χ0n) is 6.05. The molecule has 0 spiro atoms. The molecular weight excluding hydrogens is 116 g/mol. The second kappa shape index (κ2) is 4.53. The van der Waals surface area contributed by atoms with Crippen LogP contribution in [0.5, 0.6) is 0 Å². The summed E-state index contributed by atoms with van der Waals surface area (Å²) in [4.78, 5) is 0. The molecule has 2 nitrogen and oxygen atoms in total. The second-order valence-electron chi connectivity index (χ2n) is 2.32. The molecule has 0 bridgehead atoms. The molecule has 0 amide bonds. The van der Waals surface area contributed by atoms with Crippen LogP contribution in [-0.4, -0.2) is 24.4 Å². The molecule has 0 aromatic rings. The molecule has 0 saturated carbocycles. The van der Waals surface area contributed by atoms with E-state index in [9.17, 15) is 0 Å². The Labute approximate surface area is 56.1 Å². The average Bonchev–Trinajstić information content (AvgIpc) is 1.63. The summed E-state index contributed by atoms with van der Waals surface area (Å²) in [5, 5.41) is 8.71. The molecule has 0 aliphatic rings. The number of rotatable bonds is 4. The van der Waals surface area contributed by atoms with E-state index in [4.69, 9.17) is 9.84 Å². The highest BCUT2D eigenvalue weighted by Gasteiger charge is 1.93. The van der Waals surface area contributed by atoms with Gasteiger partial charge in [0.15, 0.2) is 0 Å². The molecule has 1 atom stereocenters. The lowest BCUT2D eigenvalue weighted by Crippen LogP contribution is -2.10. The average molecular weight is 130 g/mol. The van der Waals surface area contributed by atoms with Crippen molar-refractivity contribution in [2.75, 3.05) is 13.2 Å². The Bertz CT molecular complexity index is 86.9. The zero-order chi connectivity index (χ0) is 7.28. The van der Waals surface area contributed by atoms with Crippen molar-refractivity contribution >= 4 is 0 Å². The van der Waals surface area contributed by atoms with Gasteiger partial charge in [0.05, 0.1) is 19.3 Å². The molecule has 2 heteroatoms. The Morgan fingerprint density at radius 1 is 1.78 bits per heavy atom. The van der Waals surface area contributed by atoms with E-state index in [1.54, 1.807) is 6.92 Å². The molecular formula is C7H14O2. The van der Waals surface area contributed by atoms with Gasteiger partial charge in [-0.15, -0.1) is 0 Å². The van der Waals surface area contributed by atoms with Crippen LogP contribution in [0.3, 0.4) is 0 Å². The van der Waals surface area contributed by atoms with Gasteiger partial charge in [-0.2, -0.15) is 0 Å². The molecule has 0 rings (SSSR count). The van der Waals surface area contributed by atoms with Crippen LogP contribution in [0.25, 0.3) is 0 Å². The topological polar surface area (TPSA) is 29.5 Å². The summed E-state index contributed by atoms with van der Waals surface area (Å²) in [5.41, 5.74) is 0.982. The SMILES string of the molecule is C=C(C)COCC(C)O. The maximum Gasteiger partial charge on any atom is 0.0745 e. The third kappa shape index (κ3) is 7.66. The Morgan fingerprint density at radius 3 is 2.67 bits per heavy atom. The van der Waals surface area contributed by atoms with Crippen LogP contribution in [0.2, 0.25) is 0 Å². The molecule has 54 valence electrons. The minimum Gasteiger partial charge on any atom is -0.391 e. The molecule has 0 radical (unpaired) electrons. The van der Waals surface area contributed by atoms with Crippen LogP contribution in [0.4, 0.5) is 0 Å². The van der Waals surface area contributed by atoms with Gasteiger partial charge < -0.3 is 9.84 Å². The predicted molar refractivity (Wildman–Crippen MR) is 37.3 cm³/mol. The highest BCUT2D eigenvalue weighted by atomic mass is 16.5. The van der Waals surface area contributed by atoms with Crippen molar-refractivity contribution in [3.63, 3.8) is 0 Å². The van der Waals surface area contributed by atoms with Crippen molar-refractivity contribution in [3.8, 4) is 0 Å². The van der Waals surface area contributed by atoms with Gasteiger partial charge in [-0.1, -0.05) is 12.2 Å². The van der Waals surface area contributed by atoms with Crippen molar-refractivity contribution in [2.45, 2.75) is 20.0 Å². The van der Waals surface area contributed by atoms with Crippen molar-refractivity contribution in [1.29, 1.82) is 0 Å². The maximum absolute atomic E-state index is 8.71. The summed E-state index contributed by atoms with van der Waals surface area (Å²) >= 11 is 0. The summed E-state index contributed by atoms with van der Waals surface area (Å²) < 4.78 is 5.01. The lowest BCUT2D eigenvalue weighted by molar-refractivity contribution is 0.0572. The van der Waals surface area contributed by atoms with E-state index in [1.807, 2.05) is 6.92 Å². The smallest absolute Gasteiger partial charge is 0.0745 e. The second-order valence-corrected chi connectivity index (χ2v) is 2.32. The van der Waals surface area contributed by atoms with Gasteiger partial charge in [0.25, 0.3) is 0 Å². The van der Waals surface area contributed by atoms with Gasteiger partial charge in [0.2, 0.25) is 0 Å². The van der Waals surface area contributed by atoms with E-state index >= 15 is 0 Å². The van der Waals surface area contributed by atoms with Gasteiger partial charge in [-0.3, -0.25) is 0 Å². The molecule has 9 heavy (non-hydrogen) atoms. The molecule has 1 N–H and O–H groups in total. The van der Waals surface area contributed by atoms with Crippen molar-refractivity contribution in [3.05, 3.63) is 12.2 Å². The molecule has 0 aliphatic carbocycles. The normalized spacial score (nSPS) is 13.2. The first-order valence-corrected chi connectivity index (χ1v) is 3.03. The highest BCUT2D eigenvalue weighted by molar-refractivity contribution is 4.87. The standard InChI is InChI=1S/C7H14O2/c1-6(2)4-9-5-7(3)8/h7-8H,1,4-5H2,2-3H3. The number of hydrogen-bond donors (Lipinski definition) is 1. The Balaban J connectivity index is 3.01. The number of aliphatic hydroxyl groups is 1. The van der Waals surface area contributed by atoms with Crippen molar-refractivity contribution in [2.24, 2.45) is 0 Å². The molecule has 0 aromatic carbocycles. The zero-order valence-corrected chi connectivity index (χ0v) is 6.05. The molecule has 0 aliphatic heterocycles. The Morgan fingerprint density at radius 2 is 2.33 bits per heavy atom. The first-order valence-electron chi connectivity index (χ1n) is 3.03. The van der Waals surface area contributed by atoms with Gasteiger partial charge in [0.1, 0.15) is 0 Å². The molecule has 0 heterocycles. The summed E-state index contributed by atoms with van der Waals surface area (Å²) in [6, 6.07) is 0. The summed E-state index contributed by atoms with van der Waals surface area (Å²) in [6.07, 6.45) is -0.371. The van der Waals surface area contributed by atoms with Crippen LogP contribution in [-0.2, 0) is 4.74 Å². The lowest BCUT2D eigenvalue weighted by Gasteiger charge is -2.04. The largest absolute Gasteiger partial charge is 0.391 e. The fourth-order valence-electron chi connectivity index (χ4n) is 0.404. The van der Waals surface area contributed by atoms with Crippen molar-refractivity contribution in [1.82, 2.24) is 0 Å². The fraction of sp³-hybridized carbons (Fsp3) is 0.714. The van der Waals surface area contributed by atoms with Gasteiger partial charge in [-0.25, -0.2) is 0 Å². The minimum atomic E-state index is -0.371. The van der Waals surface area contributed by atoms with Gasteiger partial charge in [-0.05, 0) is 13.8 Å². The number of hydrogen-bond acceptors (Lipinski definition) is 2. The van der Waals surface area contributed by atoms with E-state index in [0.717, 1.165) is 5.57 Å². The number of aliphatic hydroxyl groups excluding tert-OH is 1. The van der Waals surface area contributed by atoms with E-state index in [0.29, 0.717) is 13.2 Å². The first-order chi connectivity index (χ1) is 4.13. The fourth-order valence-corrected chi connectivity index (χ4v) is 0.404. The van der Waals surface area contributed by atoms with E-state index < -0.39 is 0 Å². The monoisotopic (exact) mass is 130 g/mol. The van der Waals surface area contributed by atoms with Crippen molar-refractivity contribution < 1.29 is 9.84 Å². The molecule has 1 unspecified atom stereocenters. The first kappa shape index (κ1) is 8.66. The Hall–Kier alpha value is -0.340. The lowest BCUT2D eigenvalue weighted by atomic mass is 10.4. The van der Waals surface area contributed by atoms with E-state index in [2.05, 4.69) is 6.58 Å². The van der Waals surface area contributed by atoms with E-state index in [1.165, 1.54) is 0 Å². The summed E-state index contributed by atoms with van der Waals surface area (Å²) in [6.45, 7) is 8.17. The van der Waals surface area contributed by atoms with Crippen LogP contribution >= 0.6 is 0 Å². The quantitative estimate of drug-likeness (QED) is 0.574. The summed E-state index contributed by atoms with van der Waals surface area (Å²) in [5.74, 6) is 0. The van der Waals surface area contributed by atoms with Crippen LogP contribution < -0.4 is 0 Å². The molecule has 0 aromatic heterocycles. The summed E-state index contributed by atoms with van der Waals surface area (Å²) in [7, 11) is 0. The molecule has 0 fully saturated rings. The van der Waals surface area contributed by atoms with Crippen LogP contribution in [0.15, 0.2) is 12.2 Å². The number of ether oxygens (including phenoxy) is 1. The third-order valence-electron chi connectivity index (χ3n) is 0.708.